The lowest BCUT2D eigenvalue weighted by Crippen LogP contribution is -2.27. The number of ether oxygens (including phenoxy) is 1. The summed E-state index contributed by atoms with van der Waals surface area (Å²) in [5.41, 5.74) is 1.39. The van der Waals surface area contributed by atoms with Crippen LogP contribution in [-0.2, 0) is 6.42 Å². The summed E-state index contributed by atoms with van der Waals surface area (Å²) in [4.78, 5) is 0. The summed E-state index contributed by atoms with van der Waals surface area (Å²) in [5, 5.41) is 3.44. The van der Waals surface area contributed by atoms with Gasteiger partial charge in [-0.1, -0.05) is 12.1 Å². The number of benzene rings is 1. The lowest BCUT2D eigenvalue weighted by atomic mass is 10.0. The van der Waals surface area contributed by atoms with Crippen LogP contribution in [0.5, 0.6) is 5.75 Å². The van der Waals surface area contributed by atoms with Crippen molar-refractivity contribution in [1.29, 1.82) is 0 Å². The molecular weight excluding hydrogens is 210 g/mol. The molecule has 94 valence electrons. The molecule has 17 heavy (non-hydrogen) atoms. The lowest BCUT2D eigenvalue weighted by molar-refractivity contribution is 0.340. The molecule has 1 aliphatic carbocycles. The van der Waals surface area contributed by atoms with E-state index in [1.54, 1.807) is 0 Å². The number of rotatable bonds is 7. The van der Waals surface area contributed by atoms with Gasteiger partial charge < -0.3 is 10.1 Å². The van der Waals surface area contributed by atoms with Gasteiger partial charge in [-0.3, -0.25) is 0 Å². The second-order valence-corrected chi connectivity index (χ2v) is 4.85. The van der Waals surface area contributed by atoms with Crippen molar-refractivity contribution in [2.75, 3.05) is 13.7 Å². The van der Waals surface area contributed by atoms with Gasteiger partial charge in [-0.25, -0.2) is 0 Å². The lowest BCUT2D eigenvalue weighted by Gasteiger charge is -2.15. The third-order valence-corrected chi connectivity index (χ3v) is 3.52. The number of aryl methyl sites for hydroxylation is 1. The molecule has 1 unspecified atom stereocenters. The fourth-order valence-corrected chi connectivity index (χ4v) is 2.39. The number of hydrogen-bond acceptors (Lipinski definition) is 2. The highest BCUT2D eigenvalue weighted by Crippen LogP contribution is 2.34. The molecule has 0 aromatic heterocycles. The first kappa shape index (κ1) is 12.4. The molecule has 0 aliphatic heterocycles. The summed E-state index contributed by atoms with van der Waals surface area (Å²) in [5.74, 6) is 1.92. The zero-order valence-corrected chi connectivity index (χ0v) is 10.9. The van der Waals surface area contributed by atoms with Crippen molar-refractivity contribution in [3.63, 3.8) is 0 Å². The topological polar surface area (TPSA) is 21.3 Å². The van der Waals surface area contributed by atoms with E-state index in [2.05, 4.69) is 30.6 Å². The monoisotopic (exact) mass is 233 g/mol. The minimum Gasteiger partial charge on any atom is -0.494 e. The van der Waals surface area contributed by atoms with Gasteiger partial charge in [0.15, 0.2) is 0 Å². The normalized spacial score (nSPS) is 16.8. The number of nitrogens with one attached hydrogen (secondary N) is 1. The maximum atomic E-state index is 5.52. The first-order valence-corrected chi connectivity index (χ1v) is 6.72. The third kappa shape index (κ3) is 3.74. The van der Waals surface area contributed by atoms with Crippen molar-refractivity contribution in [3.8, 4) is 5.75 Å². The van der Waals surface area contributed by atoms with E-state index >= 15 is 0 Å². The zero-order chi connectivity index (χ0) is 12.1. The van der Waals surface area contributed by atoms with Gasteiger partial charge in [-0.2, -0.15) is 0 Å². The molecule has 0 heterocycles. The maximum Gasteiger partial charge on any atom is 0.119 e. The molecule has 1 atom stereocenters. The molecule has 1 N–H and O–H groups in total. The Kier molecular flexibility index (Phi) is 4.43. The molecule has 0 bridgehead atoms. The molecule has 0 saturated heterocycles. The van der Waals surface area contributed by atoms with Crippen LogP contribution in [0.3, 0.4) is 0 Å². The van der Waals surface area contributed by atoms with Crippen LogP contribution in [-0.4, -0.2) is 19.7 Å². The smallest absolute Gasteiger partial charge is 0.119 e. The zero-order valence-electron chi connectivity index (χ0n) is 10.9. The highest BCUT2D eigenvalue weighted by atomic mass is 16.5. The molecule has 1 aromatic rings. The van der Waals surface area contributed by atoms with E-state index in [0.717, 1.165) is 24.7 Å². The minimum absolute atomic E-state index is 0.700. The molecule has 1 aromatic carbocycles. The summed E-state index contributed by atoms with van der Waals surface area (Å²) in [6.45, 7) is 2.77. The minimum atomic E-state index is 0.700. The Morgan fingerprint density at radius 1 is 1.41 bits per heavy atom. The van der Waals surface area contributed by atoms with Crippen LogP contribution in [0, 0.1) is 5.92 Å². The van der Waals surface area contributed by atoms with Crippen molar-refractivity contribution >= 4 is 0 Å². The van der Waals surface area contributed by atoms with Gasteiger partial charge in [0.25, 0.3) is 0 Å². The van der Waals surface area contributed by atoms with E-state index in [1.807, 2.05) is 13.0 Å². The van der Waals surface area contributed by atoms with Gasteiger partial charge in [0, 0.05) is 6.04 Å². The van der Waals surface area contributed by atoms with Gasteiger partial charge in [0.1, 0.15) is 5.75 Å². The highest BCUT2D eigenvalue weighted by Gasteiger charge is 2.29. The van der Waals surface area contributed by atoms with Crippen molar-refractivity contribution in [1.82, 2.24) is 5.32 Å². The third-order valence-electron chi connectivity index (χ3n) is 3.52. The van der Waals surface area contributed by atoms with Crippen molar-refractivity contribution in [2.24, 2.45) is 5.92 Å². The summed E-state index contributed by atoms with van der Waals surface area (Å²) < 4.78 is 5.52. The maximum absolute atomic E-state index is 5.52. The van der Waals surface area contributed by atoms with Gasteiger partial charge in [0.05, 0.1) is 6.61 Å². The molecule has 2 rings (SSSR count). The largest absolute Gasteiger partial charge is 0.494 e. The van der Waals surface area contributed by atoms with E-state index in [4.69, 9.17) is 4.74 Å². The molecule has 2 nitrogen and oxygen atoms in total. The standard InChI is InChI=1S/C15H23NO/c1-3-17-14-6-4-5-12(11-14)7-10-15(16-2)13-8-9-13/h4-6,11,13,15-16H,3,7-10H2,1-2H3. The predicted octanol–water partition coefficient (Wildman–Crippen LogP) is 3.02. The Bertz CT molecular complexity index is 347. The van der Waals surface area contributed by atoms with Gasteiger partial charge in [-0.15, -0.1) is 0 Å². The van der Waals surface area contributed by atoms with Crippen LogP contribution in [0.1, 0.15) is 31.7 Å². The van der Waals surface area contributed by atoms with E-state index in [1.165, 1.54) is 24.8 Å². The first-order valence-electron chi connectivity index (χ1n) is 6.72. The van der Waals surface area contributed by atoms with Crippen LogP contribution in [0.15, 0.2) is 24.3 Å². The van der Waals surface area contributed by atoms with Gasteiger partial charge in [-0.05, 0) is 63.3 Å². The Balaban J connectivity index is 1.86. The predicted molar refractivity (Wildman–Crippen MR) is 71.5 cm³/mol. The quantitative estimate of drug-likeness (QED) is 0.781. The van der Waals surface area contributed by atoms with E-state index < -0.39 is 0 Å². The van der Waals surface area contributed by atoms with Crippen molar-refractivity contribution in [3.05, 3.63) is 29.8 Å². The Morgan fingerprint density at radius 2 is 2.24 bits per heavy atom. The van der Waals surface area contributed by atoms with Crippen LogP contribution in [0.2, 0.25) is 0 Å². The van der Waals surface area contributed by atoms with Gasteiger partial charge in [0.2, 0.25) is 0 Å². The highest BCUT2D eigenvalue weighted by molar-refractivity contribution is 5.28. The van der Waals surface area contributed by atoms with Crippen LogP contribution in [0.25, 0.3) is 0 Å². The SMILES string of the molecule is CCOc1cccc(CCC(NC)C2CC2)c1. The summed E-state index contributed by atoms with van der Waals surface area (Å²) in [6, 6.07) is 9.19. The Hall–Kier alpha value is -1.02. The molecule has 1 aliphatic rings. The summed E-state index contributed by atoms with van der Waals surface area (Å²) in [7, 11) is 2.08. The van der Waals surface area contributed by atoms with Gasteiger partial charge >= 0.3 is 0 Å². The molecule has 0 radical (unpaired) electrons. The molecule has 0 spiro atoms. The second-order valence-electron chi connectivity index (χ2n) is 4.85. The molecule has 0 amide bonds. The molecule has 2 heteroatoms. The summed E-state index contributed by atoms with van der Waals surface area (Å²) >= 11 is 0. The van der Waals surface area contributed by atoms with E-state index in [-0.39, 0.29) is 0 Å². The Morgan fingerprint density at radius 3 is 2.88 bits per heavy atom. The summed E-state index contributed by atoms with van der Waals surface area (Å²) in [6.07, 6.45) is 5.19. The fraction of sp³-hybridized carbons (Fsp3) is 0.600. The van der Waals surface area contributed by atoms with Crippen LogP contribution < -0.4 is 10.1 Å². The van der Waals surface area contributed by atoms with Crippen molar-refractivity contribution in [2.45, 2.75) is 38.6 Å². The van der Waals surface area contributed by atoms with Crippen molar-refractivity contribution < 1.29 is 4.74 Å². The van der Waals surface area contributed by atoms with Crippen LogP contribution in [0.4, 0.5) is 0 Å². The fourth-order valence-electron chi connectivity index (χ4n) is 2.39. The second kappa shape index (κ2) is 6.06. The average molecular weight is 233 g/mol. The number of hydrogen-bond donors (Lipinski definition) is 1. The van der Waals surface area contributed by atoms with E-state index in [0.29, 0.717) is 6.04 Å². The molecular formula is C15H23NO. The molecule has 1 fully saturated rings. The first-order chi connectivity index (χ1) is 8.33. The average Bonchev–Trinajstić information content (AvgIpc) is 3.15. The Labute approximate surface area is 104 Å². The molecule has 1 saturated carbocycles. The van der Waals surface area contributed by atoms with E-state index in [9.17, 15) is 0 Å². The van der Waals surface area contributed by atoms with Crippen LogP contribution >= 0.6 is 0 Å².